The summed E-state index contributed by atoms with van der Waals surface area (Å²) in [4.78, 5) is 31.3. The van der Waals surface area contributed by atoms with Gasteiger partial charge in [-0.05, 0) is 6.07 Å². The molecule has 2 unspecified atom stereocenters. The quantitative estimate of drug-likeness (QED) is 0.170. The number of halogens is 1. The van der Waals surface area contributed by atoms with Gasteiger partial charge in [0, 0.05) is 12.7 Å². The monoisotopic (exact) mass is 659 g/mol. The van der Waals surface area contributed by atoms with E-state index in [1.165, 1.54) is 21.4 Å². The van der Waals surface area contributed by atoms with E-state index in [0.29, 0.717) is 11.2 Å². The largest absolute Gasteiger partial charge is 0.387 e. The van der Waals surface area contributed by atoms with Gasteiger partial charge < -0.3 is 15.0 Å². The highest BCUT2D eigenvalue weighted by molar-refractivity contribution is 8.44. The molecule has 2 bridgehead atoms. The Bertz CT molecular complexity index is 1900. The maximum absolute atomic E-state index is 15.8. The zero-order chi connectivity index (χ0) is 29.8. The van der Waals surface area contributed by atoms with E-state index in [0.717, 1.165) is 6.33 Å². The van der Waals surface area contributed by atoms with Gasteiger partial charge in [-0.15, -0.1) is 0 Å². The van der Waals surface area contributed by atoms with Gasteiger partial charge in [0.05, 0.1) is 25.1 Å². The number of nitrogen functional groups attached to an aromatic ring is 1. The number of anilines is 1. The molecule has 222 valence electrons. The van der Waals surface area contributed by atoms with E-state index in [1.54, 1.807) is 0 Å². The van der Waals surface area contributed by atoms with Crippen LogP contribution in [-0.4, -0.2) is 65.6 Å². The Hall–Kier alpha value is -2.85. The first-order valence-electron chi connectivity index (χ1n) is 12.0. The van der Waals surface area contributed by atoms with Crippen molar-refractivity contribution in [3.05, 3.63) is 40.3 Å². The van der Waals surface area contributed by atoms with Crippen molar-refractivity contribution in [3.63, 3.8) is 0 Å². The van der Waals surface area contributed by atoms with Crippen molar-refractivity contribution in [1.29, 1.82) is 5.26 Å². The number of thiol groups is 2. The van der Waals surface area contributed by atoms with Crippen LogP contribution in [-0.2, 0) is 45.1 Å². The van der Waals surface area contributed by atoms with Crippen LogP contribution in [0.3, 0.4) is 0 Å². The maximum Gasteiger partial charge on any atom is 0.387 e. The van der Waals surface area contributed by atoms with Gasteiger partial charge in [0.2, 0.25) is 5.95 Å². The van der Waals surface area contributed by atoms with E-state index in [1.807, 2.05) is 6.07 Å². The Labute approximate surface area is 244 Å². The lowest BCUT2D eigenvalue weighted by molar-refractivity contribution is -0.0444. The Morgan fingerprint density at radius 1 is 1.17 bits per heavy atom. The molecule has 3 N–H and O–H groups in total. The zero-order valence-electron chi connectivity index (χ0n) is 21.0. The summed E-state index contributed by atoms with van der Waals surface area (Å²) < 4.78 is 72.4. The number of imidazole rings is 2. The number of hydrogen-bond acceptors (Lipinski definition) is 14. The molecule has 42 heavy (non-hydrogen) atoms. The van der Waals surface area contributed by atoms with Gasteiger partial charge in [0.1, 0.15) is 36.2 Å². The van der Waals surface area contributed by atoms with E-state index in [9.17, 15) is 19.2 Å². The predicted octanol–water partition coefficient (Wildman–Crippen LogP) is 2.28. The lowest BCUT2D eigenvalue weighted by Gasteiger charge is -2.24. The third-order valence-electron chi connectivity index (χ3n) is 6.37. The molecule has 1 saturated heterocycles. The summed E-state index contributed by atoms with van der Waals surface area (Å²) in [5.41, 5.74) is 5.71. The van der Waals surface area contributed by atoms with Gasteiger partial charge in [-0.25, -0.2) is 28.5 Å². The molecule has 2 aliphatic rings. The fourth-order valence-electron chi connectivity index (χ4n) is 4.54. The molecule has 0 amide bonds. The summed E-state index contributed by atoms with van der Waals surface area (Å²) in [6, 6.07) is 3.45. The van der Waals surface area contributed by atoms with Crippen molar-refractivity contribution in [2.75, 3.05) is 18.9 Å². The smallest absolute Gasteiger partial charge is 0.369 e. The standard InChI is InChI=1S/C20H20FN9O8P2S2/c21-13-11-6-35-39(32,41)34-2-1-29-12(26-10-3-9(4-22)5-24-16(10)29)7-36-40(33,42)38-15(13)19(37-11)30-8-25-14-17(30)27-20(23)28-18(14)31/h3,5,8,11,13,15,19H,1-2,6-7H2,(H,32,41)(H,33,42)(H3,23,27,28,31)/t11-,13+,15-,19-,39?,40?/m1/s1. The van der Waals surface area contributed by atoms with E-state index in [-0.39, 0.29) is 41.7 Å². The second-order valence-electron chi connectivity index (χ2n) is 9.05. The molecule has 6 atom stereocenters. The second kappa shape index (κ2) is 11.0. The number of fused-ring (bicyclic) bond motifs is 6. The third-order valence-corrected chi connectivity index (χ3v) is 9.64. The number of pyridine rings is 1. The summed E-state index contributed by atoms with van der Waals surface area (Å²) in [5.74, 6) is -0.0706. The number of alkyl halides is 1. The Balaban J connectivity index is 1.38. The predicted molar refractivity (Wildman–Crippen MR) is 148 cm³/mol. The number of H-pyrrole nitrogens is 1. The molecular weight excluding hydrogens is 639 g/mol. The Morgan fingerprint density at radius 2 is 1.98 bits per heavy atom. The van der Waals surface area contributed by atoms with Crippen molar-refractivity contribution in [2.24, 2.45) is 0 Å². The number of nitriles is 1. The van der Waals surface area contributed by atoms with E-state index in [4.69, 9.17) is 28.6 Å². The molecule has 4 aromatic heterocycles. The summed E-state index contributed by atoms with van der Waals surface area (Å²) in [7, 11) is 0. The van der Waals surface area contributed by atoms with Crippen LogP contribution in [0.5, 0.6) is 0 Å². The number of hydrogen-bond donors (Lipinski definition) is 4. The highest BCUT2D eigenvalue weighted by atomic mass is 32.7. The number of aromatic nitrogens is 7. The average Bonchev–Trinajstić information content (AvgIpc) is 3.59. The first-order valence-corrected chi connectivity index (χ1v) is 17.4. The molecule has 0 saturated carbocycles. The first kappa shape index (κ1) is 29.2. The summed E-state index contributed by atoms with van der Waals surface area (Å²) in [6.45, 7) is -9.65. The topological polar surface area (TPSA) is 224 Å². The van der Waals surface area contributed by atoms with Crippen molar-refractivity contribution in [3.8, 4) is 6.07 Å². The first-order chi connectivity index (χ1) is 19.9. The minimum Gasteiger partial charge on any atom is -0.369 e. The van der Waals surface area contributed by atoms with Crippen LogP contribution in [0.4, 0.5) is 10.3 Å². The Kier molecular flexibility index (Phi) is 7.66. The molecule has 0 radical (unpaired) electrons. The van der Waals surface area contributed by atoms with Crippen molar-refractivity contribution < 1.29 is 36.4 Å². The molecule has 0 aliphatic carbocycles. The van der Waals surface area contributed by atoms with Crippen molar-refractivity contribution in [2.45, 2.75) is 37.8 Å². The van der Waals surface area contributed by atoms with Gasteiger partial charge in [-0.3, -0.25) is 32.4 Å². The third kappa shape index (κ3) is 5.60. The molecule has 4 aromatic rings. The summed E-state index contributed by atoms with van der Waals surface area (Å²) >= 11 is 8.02. The molecule has 2 aliphatic heterocycles. The number of aromatic amines is 1. The lowest BCUT2D eigenvalue weighted by atomic mass is 10.1. The van der Waals surface area contributed by atoms with Gasteiger partial charge in [-0.1, -0.05) is 24.5 Å². The lowest BCUT2D eigenvalue weighted by Crippen LogP contribution is -2.31. The summed E-state index contributed by atoms with van der Waals surface area (Å²) in [6.07, 6.45) is -4.11. The van der Waals surface area contributed by atoms with Gasteiger partial charge in [-0.2, -0.15) is 10.2 Å². The van der Waals surface area contributed by atoms with Crippen LogP contribution in [0.2, 0.25) is 0 Å². The highest BCUT2D eigenvalue weighted by Gasteiger charge is 2.51. The van der Waals surface area contributed by atoms with Crippen LogP contribution >= 0.6 is 38.1 Å². The number of nitrogens with one attached hydrogen (secondary N) is 1. The number of nitrogens with zero attached hydrogens (tertiary/aromatic N) is 7. The fraction of sp³-hybridized carbons (Fsp3) is 0.400. The number of ether oxygens (including phenoxy) is 1. The molecule has 0 aromatic carbocycles. The van der Waals surface area contributed by atoms with Crippen LogP contribution < -0.4 is 11.3 Å². The molecule has 0 spiro atoms. The van der Waals surface area contributed by atoms with Gasteiger partial charge >= 0.3 is 13.6 Å². The highest BCUT2D eigenvalue weighted by Crippen LogP contribution is 2.58. The van der Waals surface area contributed by atoms with Crippen LogP contribution in [0.1, 0.15) is 17.6 Å². The summed E-state index contributed by atoms with van der Waals surface area (Å²) in [5, 5.41) is 9.22. The molecular formula is C20H20FN9O8P2S2. The average molecular weight is 660 g/mol. The normalized spacial score (nSPS) is 30.9. The van der Waals surface area contributed by atoms with Crippen LogP contribution in [0, 0.1) is 11.3 Å². The van der Waals surface area contributed by atoms with Crippen LogP contribution in [0.25, 0.3) is 22.3 Å². The van der Waals surface area contributed by atoms with E-state index >= 15 is 4.39 Å². The number of nitrogens with two attached hydrogens (primary N) is 1. The minimum absolute atomic E-state index is 0.0268. The van der Waals surface area contributed by atoms with Gasteiger partial charge in [0.25, 0.3) is 5.56 Å². The number of rotatable bonds is 1. The molecule has 17 nitrogen and oxygen atoms in total. The van der Waals surface area contributed by atoms with E-state index < -0.39 is 57.0 Å². The van der Waals surface area contributed by atoms with Crippen molar-refractivity contribution >= 4 is 66.4 Å². The van der Waals surface area contributed by atoms with E-state index in [2.05, 4.69) is 49.4 Å². The van der Waals surface area contributed by atoms with Crippen molar-refractivity contribution in [1.82, 2.24) is 34.1 Å². The fourth-order valence-corrected chi connectivity index (χ4v) is 7.07. The van der Waals surface area contributed by atoms with Gasteiger partial charge in [0.15, 0.2) is 29.2 Å². The Morgan fingerprint density at radius 3 is 2.76 bits per heavy atom. The van der Waals surface area contributed by atoms with Crippen LogP contribution in [0.15, 0.2) is 23.4 Å². The molecule has 22 heteroatoms. The molecule has 6 heterocycles. The minimum atomic E-state index is -4.36. The SMILES string of the molecule is N#Cc1cnc2c(c1)nc1n2CCOP(=O)(S)OC[C@H]2O[C@@H](n3cnc4c(=O)[nH]c(N)nc43)[C@H](OP(=O)(S)OC1)[C@H]2F. The molecule has 6 rings (SSSR count). The zero-order valence-corrected chi connectivity index (χ0v) is 24.6. The maximum atomic E-state index is 15.8. The second-order valence-corrected chi connectivity index (χ2v) is 14.9. The molecule has 1 fully saturated rings.